The van der Waals surface area contributed by atoms with Crippen LogP contribution in [0, 0.1) is 5.92 Å². The highest BCUT2D eigenvalue weighted by atomic mass is 35.5. The summed E-state index contributed by atoms with van der Waals surface area (Å²) < 4.78 is 0. The van der Waals surface area contributed by atoms with Crippen molar-refractivity contribution in [1.82, 2.24) is 10.2 Å². The van der Waals surface area contributed by atoms with E-state index in [0.717, 1.165) is 12.0 Å². The number of benzene rings is 2. The summed E-state index contributed by atoms with van der Waals surface area (Å²) in [7, 11) is 0. The fourth-order valence-electron chi connectivity index (χ4n) is 3.71. The average molecular weight is 400 g/mol. The molecule has 0 aromatic heterocycles. The molecule has 2 aromatic carbocycles. The summed E-state index contributed by atoms with van der Waals surface area (Å²) in [6.07, 6.45) is 1.33. The molecule has 1 heterocycles. The Balaban J connectivity index is 1.79. The van der Waals surface area contributed by atoms with E-state index in [2.05, 4.69) is 5.32 Å². The second-order valence-corrected chi connectivity index (χ2v) is 7.84. The smallest absolute Gasteiger partial charge is 0.251 e. The first kappa shape index (κ1) is 20.4. The number of carbonyl (C=O) groups is 2. The van der Waals surface area contributed by atoms with Crippen LogP contribution in [0.2, 0.25) is 5.02 Å². The van der Waals surface area contributed by atoms with Crippen LogP contribution in [0.15, 0.2) is 54.6 Å². The molecule has 0 spiro atoms. The third-order valence-electron chi connectivity index (χ3n) is 5.27. The topological polar surface area (TPSA) is 75.4 Å². The van der Waals surface area contributed by atoms with E-state index in [1.807, 2.05) is 42.2 Å². The number of carbonyl (C=O) groups excluding carboxylic acids is 2. The van der Waals surface area contributed by atoms with Crippen LogP contribution in [-0.4, -0.2) is 41.9 Å². The molecule has 6 heteroatoms. The lowest BCUT2D eigenvalue weighted by Gasteiger charge is -2.28. The molecular formula is C22H26ClN3O2. The molecule has 5 nitrogen and oxygen atoms in total. The number of amides is 2. The van der Waals surface area contributed by atoms with Crippen LogP contribution in [-0.2, 0) is 11.2 Å². The minimum atomic E-state index is -0.635. The fourth-order valence-corrected chi connectivity index (χ4v) is 3.84. The number of nitrogens with zero attached hydrogens (tertiary/aromatic N) is 1. The van der Waals surface area contributed by atoms with Crippen LogP contribution < -0.4 is 11.1 Å². The third-order valence-corrected chi connectivity index (χ3v) is 5.52. The number of likely N-dealkylation sites (tertiary alicyclic amines) is 1. The SMILES string of the molecule is CC1CC(CN)CN1C(=O)C(Cc1ccccc1)NC(=O)c1ccc(Cl)cc1. The summed E-state index contributed by atoms with van der Waals surface area (Å²) in [5.41, 5.74) is 7.28. The first-order chi connectivity index (χ1) is 13.5. The second-order valence-electron chi connectivity index (χ2n) is 7.40. The molecule has 0 bridgehead atoms. The number of hydrogen-bond donors (Lipinski definition) is 2. The van der Waals surface area contributed by atoms with Crippen molar-refractivity contribution in [1.29, 1.82) is 0 Å². The number of nitrogens with two attached hydrogens (primary N) is 1. The van der Waals surface area contributed by atoms with Gasteiger partial charge in [-0.2, -0.15) is 0 Å². The molecule has 28 heavy (non-hydrogen) atoms. The molecule has 3 N–H and O–H groups in total. The average Bonchev–Trinajstić information content (AvgIpc) is 3.09. The van der Waals surface area contributed by atoms with E-state index >= 15 is 0 Å². The van der Waals surface area contributed by atoms with Crippen molar-refractivity contribution in [2.75, 3.05) is 13.1 Å². The van der Waals surface area contributed by atoms with Crippen molar-refractivity contribution in [3.8, 4) is 0 Å². The van der Waals surface area contributed by atoms with E-state index in [-0.39, 0.29) is 17.9 Å². The van der Waals surface area contributed by atoms with Gasteiger partial charge in [0.1, 0.15) is 6.04 Å². The Kier molecular flexibility index (Phi) is 6.70. The number of halogens is 1. The third kappa shape index (κ3) is 4.91. The lowest BCUT2D eigenvalue weighted by Crippen LogP contribution is -2.50. The van der Waals surface area contributed by atoms with Crippen molar-refractivity contribution in [3.05, 3.63) is 70.7 Å². The molecule has 2 aromatic rings. The normalized spacial score (nSPS) is 20.0. The van der Waals surface area contributed by atoms with E-state index in [0.29, 0.717) is 36.0 Å². The Labute approximate surface area is 170 Å². The summed E-state index contributed by atoms with van der Waals surface area (Å²) >= 11 is 5.91. The number of nitrogens with one attached hydrogen (secondary N) is 1. The van der Waals surface area contributed by atoms with Gasteiger partial charge >= 0.3 is 0 Å². The molecule has 1 fully saturated rings. The first-order valence-electron chi connectivity index (χ1n) is 9.59. The Morgan fingerprint density at radius 2 is 1.86 bits per heavy atom. The van der Waals surface area contributed by atoms with Gasteiger partial charge in [0.05, 0.1) is 0 Å². The van der Waals surface area contributed by atoms with E-state index < -0.39 is 6.04 Å². The summed E-state index contributed by atoms with van der Waals surface area (Å²) in [4.78, 5) is 27.9. The van der Waals surface area contributed by atoms with E-state index in [1.54, 1.807) is 24.3 Å². The maximum Gasteiger partial charge on any atom is 0.251 e. The van der Waals surface area contributed by atoms with Crippen LogP contribution in [0.3, 0.4) is 0 Å². The van der Waals surface area contributed by atoms with Crippen LogP contribution in [0.1, 0.15) is 29.3 Å². The molecule has 3 atom stereocenters. The molecule has 1 saturated heterocycles. The van der Waals surface area contributed by atoms with Crippen molar-refractivity contribution < 1.29 is 9.59 Å². The summed E-state index contributed by atoms with van der Waals surface area (Å²) in [5, 5.41) is 3.49. The van der Waals surface area contributed by atoms with E-state index in [9.17, 15) is 9.59 Å². The molecule has 3 unspecified atom stereocenters. The van der Waals surface area contributed by atoms with Crippen LogP contribution in [0.25, 0.3) is 0 Å². The van der Waals surface area contributed by atoms with Gasteiger partial charge in [-0.25, -0.2) is 0 Å². The molecular weight excluding hydrogens is 374 g/mol. The molecule has 1 aliphatic heterocycles. The van der Waals surface area contributed by atoms with Gasteiger partial charge < -0.3 is 16.0 Å². The van der Waals surface area contributed by atoms with Crippen LogP contribution >= 0.6 is 11.6 Å². The molecule has 3 rings (SSSR count). The Hall–Kier alpha value is -2.37. The zero-order valence-corrected chi connectivity index (χ0v) is 16.7. The zero-order valence-electron chi connectivity index (χ0n) is 16.0. The van der Waals surface area contributed by atoms with Crippen LogP contribution in [0.5, 0.6) is 0 Å². The minimum absolute atomic E-state index is 0.0605. The summed E-state index contributed by atoms with van der Waals surface area (Å²) in [6.45, 7) is 3.24. The van der Waals surface area contributed by atoms with Gasteiger partial charge in [-0.3, -0.25) is 9.59 Å². The Bertz CT molecular complexity index is 810. The Morgan fingerprint density at radius 1 is 1.18 bits per heavy atom. The lowest BCUT2D eigenvalue weighted by molar-refractivity contribution is -0.133. The summed E-state index contributed by atoms with van der Waals surface area (Å²) in [6, 6.07) is 15.8. The molecule has 0 aliphatic carbocycles. The molecule has 0 radical (unpaired) electrons. The van der Waals surface area contributed by atoms with Gasteiger partial charge in [-0.05, 0) is 55.6 Å². The molecule has 1 aliphatic rings. The van der Waals surface area contributed by atoms with Crippen molar-refractivity contribution in [2.24, 2.45) is 11.7 Å². The zero-order chi connectivity index (χ0) is 20.1. The quantitative estimate of drug-likeness (QED) is 0.784. The fraction of sp³-hybridized carbons (Fsp3) is 0.364. The highest BCUT2D eigenvalue weighted by Crippen LogP contribution is 2.23. The standard InChI is InChI=1S/C22H26ClN3O2/c1-15-11-17(13-24)14-26(15)22(28)20(12-16-5-3-2-4-6-16)25-21(27)18-7-9-19(23)10-8-18/h2-10,15,17,20H,11-14,24H2,1H3,(H,25,27). The monoisotopic (exact) mass is 399 g/mol. The highest BCUT2D eigenvalue weighted by Gasteiger charge is 2.35. The highest BCUT2D eigenvalue weighted by molar-refractivity contribution is 6.30. The van der Waals surface area contributed by atoms with Gasteiger partial charge in [-0.15, -0.1) is 0 Å². The number of hydrogen-bond acceptors (Lipinski definition) is 3. The summed E-state index contributed by atoms with van der Waals surface area (Å²) in [5.74, 6) is -0.0360. The molecule has 0 saturated carbocycles. The van der Waals surface area contributed by atoms with Crippen molar-refractivity contribution in [3.63, 3.8) is 0 Å². The molecule has 148 valence electrons. The van der Waals surface area contributed by atoms with Crippen molar-refractivity contribution >= 4 is 23.4 Å². The largest absolute Gasteiger partial charge is 0.340 e. The van der Waals surface area contributed by atoms with Crippen molar-refractivity contribution in [2.45, 2.75) is 31.8 Å². The van der Waals surface area contributed by atoms with Crippen LogP contribution in [0.4, 0.5) is 0 Å². The lowest BCUT2D eigenvalue weighted by atomic mass is 10.0. The van der Waals surface area contributed by atoms with Gasteiger partial charge in [0.15, 0.2) is 0 Å². The minimum Gasteiger partial charge on any atom is -0.340 e. The van der Waals surface area contributed by atoms with Gasteiger partial charge in [0, 0.05) is 29.6 Å². The van der Waals surface area contributed by atoms with Gasteiger partial charge in [0.25, 0.3) is 5.91 Å². The maximum atomic E-state index is 13.3. The Morgan fingerprint density at radius 3 is 2.46 bits per heavy atom. The molecule has 2 amide bonds. The first-order valence-corrected chi connectivity index (χ1v) is 9.96. The second kappa shape index (κ2) is 9.22. The van der Waals surface area contributed by atoms with E-state index in [1.165, 1.54) is 0 Å². The van der Waals surface area contributed by atoms with E-state index in [4.69, 9.17) is 17.3 Å². The predicted molar refractivity (Wildman–Crippen MR) is 111 cm³/mol. The van der Waals surface area contributed by atoms with Gasteiger partial charge in [0.2, 0.25) is 5.91 Å². The predicted octanol–water partition coefficient (Wildman–Crippen LogP) is 2.88. The number of rotatable bonds is 6. The maximum absolute atomic E-state index is 13.3. The van der Waals surface area contributed by atoms with Gasteiger partial charge in [-0.1, -0.05) is 41.9 Å².